The molecule has 1 amide bonds. The van der Waals surface area contributed by atoms with E-state index < -0.39 is 10.0 Å². The third kappa shape index (κ3) is 5.05. The van der Waals surface area contributed by atoms with Gasteiger partial charge in [-0.05, 0) is 51.2 Å². The summed E-state index contributed by atoms with van der Waals surface area (Å²) in [5.41, 5.74) is 2.23. The van der Waals surface area contributed by atoms with E-state index in [1.54, 1.807) is 13.0 Å². The highest BCUT2D eigenvalue weighted by atomic mass is 32.2. The molecule has 1 N–H and O–H groups in total. The Kier molecular flexibility index (Phi) is 6.78. The smallest absolute Gasteiger partial charge is 0.244 e. The van der Waals surface area contributed by atoms with Crippen LogP contribution in [0.1, 0.15) is 59.9 Å². The number of benzene rings is 1. The number of nitrogens with one attached hydrogen (secondary N) is 1. The number of nitrogens with zero attached hydrogens (tertiary/aromatic N) is 3. The Hall–Kier alpha value is -2.56. The maximum atomic E-state index is 13.4. The number of sulfonamides is 1. The van der Waals surface area contributed by atoms with Crippen LogP contribution in [0, 0.1) is 19.8 Å². The fourth-order valence-electron chi connectivity index (χ4n) is 4.52. The minimum atomic E-state index is -3.67. The van der Waals surface area contributed by atoms with Crippen molar-refractivity contribution >= 4 is 27.3 Å². The van der Waals surface area contributed by atoms with E-state index in [1.807, 2.05) is 31.2 Å². The van der Waals surface area contributed by atoms with E-state index >= 15 is 0 Å². The molecule has 186 valence electrons. The van der Waals surface area contributed by atoms with Crippen molar-refractivity contribution in [3.63, 3.8) is 0 Å². The van der Waals surface area contributed by atoms with Crippen LogP contribution in [0.2, 0.25) is 0 Å². The largest absolute Gasteiger partial charge is 0.352 e. The first-order valence-electron chi connectivity index (χ1n) is 12.1. The molecule has 3 heterocycles. The Bertz CT molecular complexity index is 1300. The third-order valence-electron chi connectivity index (χ3n) is 7.02. The standard InChI is InChI=1S/C25H30N4O4S2/c1-16-6-8-18(9-7-16)15-26-24(30)19-10-12-29(13-11-19)35(31,32)22-14-21(34-17(22)2)23-27-25(33-28-23)20-4-3-5-20/h6-9,14,19-20H,3-5,10-13,15H2,1-2H3,(H,26,30). The summed E-state index contributed by atoms with van der Waals surface area (Å²) in [7, 11) is -3.67. The summed E-state index contributed by atoms with van der Waals surface area (Å²) >= 11 is 1.36. The van der Waals surface area contributed by atoms with Crippen molar-refractivity contribution in [3.05, 3.63) is 52.2 Å². The van der Waals surface area contributed by atoms with E-state index in [2.05, 4.69) is 15.5 Å². The number of carbonyl (C=O) groups excluding carboxylic acids is 1. The quantitative estimate of drug-likeness (QED) is 0.501. The summed E-state index contributed by atoms with van der Waals surface area (Å²) in [6.07, 6.45) is 4.30. The molecule has 1 aromatic carbocycles. The number of thiophene rings is 1. The van der Waals surface area contributed by atoms with Crippen molar-refractivity contribution in [2.24, 2.45) is 5.92 Å². The lowest BCUT2D eigenvalue weighted by Crippen LogP contribution is -2.42. The van der Waals surface area contributed by atoms with Crippen LogP contribution in [0.3, 0.4) is 0 Å². The molecule has 0 bridgehead atoms. The predicted octanol–water partition coefficient (Wildman–Crippen LogP) is 4.40. The second-order valence-corrected chi connectivity index (χ2v) is 12.7. The average Bonchev–Trinajstić information content (AvgIpc) is 3.45. The van der Waals surface area contributed by atoms with Gasteiger partial charge in [-0.3, -0.25) is 4.79 Å². The lowest BCUT2D eigenvalue weighted by atomic mass is 9.85. The zero-order valence-electron chi connectivity index (χ0n) is 20.0. The zero-order valence-corrected chi connectivity index (χ0v) is 21.6. The minimum Gasteiger partial charge on any atom is -0.352 e. The van der Waals surface area contributed by atoms with Gasteiger partial charge < -0.3 is 9.84 Å². The number of aryl methyl sites for hydroxylation is 2. The van der Waals surface area contributed by atoms with Crippen molar-refractivity contribution in [2.75, 3.05) is 13.1 Å². The maximum absolute atomic E-state index is 13.4. The summed E-state index contributed by atoms with van der Waals surface area (Å²) in [6.45, 7) is 4.96. The van der Waals surface area contributed by atoms with Crippen LogP contribution < -0.4 is 5.32 Å². The van der Waals surface area contributed by atoms with Crippen molar-refractivity contribution < 1.29 is 17.7 Å². The third-order valence-corrected chi connectivity index (χ3v) is 10.2. The number of aromatic nitrogens is 2. The van der Waals surface area contributed by atoms with E-state index in [0.29, 0.717) is 59.9 Å². The molecule has 5 rings (SSSR count). The molecule has 0 unspecified atom stereocenters. The van der Waals surface area contributed by atoms with Crippen molar-refractivity contribution in [2.45, 2.75) is 63.3 Å². The van der Waals surface area contributed by atoms with Crippen molar-refractivity contribution in [1.29, 1.82) is 0 Å². The molecular weight excluding hydrogens is 484 g/mol. The summed E-state index contributed by atoms with van der Waals surface area (Å²) < 4.78 is 33.7. The van der Waals surface area contributed by atoms with Gasteiger partial charge in [-0.1, -0.05) is 41.4 Å². The predicted molar refractivity (Wildman–Crippen MR) is 133 cm³/mol. The van der Waals surface area contributed by atoms with E-state index in [0.717, 1.165) is 18.4 Å². The topological polar surface area (TPSA) is 105 Å². The van der Waals surface area contributed by atoms with Gasteiger partial charge in [0, 0.05) is 36.3 Å². The lowest BCUT2D eigenvalue weighted by Gasteiger charge is -2.30. The SMILES string of the molecule is Cc1ccc(CNC(=O)C2CCN(S(=O)(=O)c3cc(-c4noc(C5CCC5)n4)sc3C)CC2)cc1. The van der Waals surface area contributed by atoms with Gasteiger partial charge in [0.15, 0.2) is 0 Å². The van der Waals surface area contributed by atoms with Gasteiger partial charge in [0.1, 0.15) is 0 Å². The Labute approximate surface area is 209 Å². The van der Waals surface area contributed by atoms with Crippen LogP contribution in [0.4, 0.5) is 0 Å². The lowest BCUT2D eigenvalue weighted by molar-refractivity contribution is -0.126. The molecule has 3 aromatic rings. The number of rotatable bonds is 7. The van der Waals surface area contributed by atoms with Gasteiger partial charge in [-0.2, -0.15) is 9.29 Å². The molecule has 1 aliphatic carbocycles. The molecule has 2 fully saturated rings. The summed E-state index contributed by atoms with van der Waals surface area (Å²) in [6, 6.07) is 9.71. The van der Waals surface area contributed by atoms with Crippen LogP contribution in [-0.4, -0.2) is 41.9 Å². The van der Waals surface area contributed by atoms with Gasteiger partial charge in [-0.15, -0.1) is 11.3 Å². The van der Waals surface area contributed by atoms with Crippen LogP contribution in [0.5, 0.6) is 0 Å². The summed E-state index contributed by atoms with van der Waals surface area (Å²) in [5.74, 6) is 1.22. The highest BCUT2D eigenvalue weighted by Crippen LogP contribution is 2.38. The number of piperidine rings is 1. The number of hydrogen-bond acceptors (Lipinski definition) is 7. The Morgan fingerprint density at radius 2 is 1.86 bits per heavy atom. The van der Waals surface area contributed by atoms with Gasteiger partial charge in [-0.25, -0.2) is 8.42 Å². The molecular formula is C25H30N4O4S2. The zero-order chi connectivity index (χ0) is 24.6. The number of amides is 1. The molecule has 35 heavy (non-hydrogen) atoms. The van der Waals surface area contributed by atoms with Crippen LogP contribution >= 0.6 is 11.3 Å². The van der Waals surface area contributed by atoms with E-state index in [-0.39, 0.29) is 16.7 Å². The van der Waals surface area contributed by atoms with Gasteiger partial charge in [0.25, 0.3) is 0 Å². The molecule has 1 saturated carbocycles. The Balaban J connectivity index is 1.20. The Morgan fingerprint density at radius 1 is 1.14 bits per heavy atom. The Morgan fingerprint density at radius 3 is 2.51 bits per heavy atom. The minimum absolute atomic E-state index is 0.0176. The summed E-state index contributed by atoms with van der Waals surface area (Å²) in [5, 5.41) is 7.08. The molecule has 1 saturated heterocycles. The van der Waals surface area contributed by atoms with Gasteiger partial charge in [0.05, 0.1) is 9.77 Å². The monoisotopic (exact) mass is 514 g/mol. The fourth-order valence-corrected chi connectivity index (χ4v) is 7.48. The van der Waals surface area contributed by atoms with Crippen LogP contribution in [0.25, 0.3) is 10.7 Å². The molecule has 1 aliphatic heterocycles. The molecule has 0 atom stereocenters. The molecule has 0 spiro atoms. The highest BCUT2D eigenvalue weighted by molar-refractivity contribution is 7.89. The van der Waals surface area contributed by atoms with E-state index in [4.69, 9.17) is 4.52 Å². The highest BCUT2D eigenvalue weighted by Gasteiger charge is 2.34. The molecule has 2 aliphatic rings. The molecule has 8 nitrogen and oxygen atoms in total. The fraction of sp³-hybridized carbons (Fsp3) is 0.480. The number of hydrogen-bond donors (Lipinski definition) is 1. The second-order valence-electron chi connectivity index (χ2n) is 9.50. The van der Waals surface area contributed by atoms with Crippen molar-refractivity contribution in [3.8, 4) is 10.7 Å². The first-order chi connectivity index (χ1) is 16.8. The van der Waals surface area contributed by atoms with Crippen LogP contribution in [-0.2, 0) is 21.4 Å². The first kappa shape index (κ1) is 24.1. The van der Waals surface area contributed by atoms with E-state index in [1.165, 1.54) is 27.6 Å². The second kappa shape index (κ2) is 9.83. The maximum Gasteiger partial charge on any atom is 0.244 e. The first-order valence-corrected chi connectivity index (χ1v) is 14.3. The average molecular weight is 515 g/mol. The summed E-state index contributed by atoms with van der Waals surface area (Å²) in [4.78, 5) is 18.8. The van der Waals surface area contributed by atoms with E-state index in [9.17, 15) is 13.2 Å². The van der Waals surface area contributed by atoms with Gasteiger partial charge in [0.2, 0.25) is 27.6 Å². The molecule has 10 heteroatoms. The number of carbonyl (C=O) groups is 1. The molecule has 0 radical (unpaired) electrons. The molecule has 2 aromatic heterocycles. The van der Waals surface area contributed by atoms with Crippen LogP contribution in [0.15, 0.2) is 39.8 Å². The normalized spacial score (nSPS) is 17.9. The van der Waals surface area contributed by atoms with Gasteiger partial charge >= 0.3 is 0 Å². The van der Waals surface area contributed by atoms with Crippen molar-refractivity contribution in [1.82, 2.24) is 19.8 Å².